The van der Waals surface area contributed by atoms with E-state index in [1.54, 1.807) is 11.9 Å². The molecule has 0 spiro atoms. The van der Waals surface area contributed by atoms with Crippen LogP contribution in [0.5, 0.6) is 0 Å². The van der Waals surface area contributed by atoms with Gasteiger partial charge in [-0.15, -0.1) is 0 Å². The smallest absolute Gasteiger partial charge is 0.317 e. The molecule has 0 unspecified atom stereocenters. The molecule has 1 aromatic carbocycles. The highest BCUT2D eigenvalue weighted by atomic mass is 16.2. The zero-order chi connectivity index (χ0) is 11.1. The first-order chi connectivity index (χ1) is 7.24. The summed E-state index contributed by atoms with van der Waals surface area (Å²) >= 11 is 0. The van der Waals surface area contributed by atoms with E-state index in [9.17, 15) is 4.79 Å². The van der Waals surface area contributed by atoms with Crippen molar-refractivity contribution in [2.45, 2.75) is 19.9 Å². The van der Waals surface area contributed by atoms with Gasteiger partial charge < -0.3 is 10.2 Å². The van der Waals surface area contributed by atoms with Crippen molar-refractivity contribution in [3.05, 3.63) is 35.9 Å². The van der Waals surface area contributed by atoms with Crippen molar-refractivity contribution in [1.29, 1.82) is 0 Å². The third kappa shape index (κ3) is 4.02. The zero-order valence-corrected chi connectivity index (χ0v) is 9.36. The Hall–Kier alpha value is -1.51. The number of rotatable bonds is 4. The van der Waals surface area contributed by atoms with Gasteiger partial charge in [-0.05, 0) is 12.0 Å². The molecule has 3 heteroatoms. The molecule has 0 aliphatic heterocycles. The summed E-state index contributed by atoms with van der Waals surface area (Å²) in [7, 11) is 1.80. The third-order valence-corrected chi connectivity index (χ3v) is 2.14. The van der Waals surface area contributed by atoms with Crippen molar-refractivity contribution in [2.24, 2.45) is 0 Å². The molecule has 0 aromatic heterocycles. The normalized spacial score (nSPS) is 9.73. The Balaban J connectivity index is 2.41. The highest BCUT2D eigenvalue weighted by molar-refractivity contribution is 5.73. The van der Waals surface area contributed by atoms with Crippen LogP contribution in [0.4, 0.5) is 4.79 Å². The first-order valence-corrected chi connectivity index (χ1v) is 5.27. The van der Waals surface area contributed by atoms with E-state index in [1.165, 1.54) is 0 Å². The number of hydrogen-bond acceptors (Lipinski definition) is 1. The first-order valence-electron chi connectivity index (χ1n) is 5.27. The summed E-state index contributed by atoms with van der Waals surface area (Å²) in [6.07, 6.45) is 0.963. The Morgan fingerprint density at radius 1 is 1.33 bits per heavy atom. The van der Waals surface area contributed by atoms with Gasteiger partial charge in [0, 0.05) is 20.1 Å². The predicted molar refractivity (Wildman–Crippen MR) is 61.6 cm³/mol. The van der Waals surface area contributed by atoms with Crippen LogP contribution in [0.2, 0.25) is 0 Å². The largest absolute Gasteiger partial charge is 0.338 e. The van der Waals surface area contributed by atoms with E-state index in [0.29, 0.717) is 6.54 Å². The number of benzene rings is 1. The minimum Gasteiger partial charge on any atom is -0.338 e. The SMILES string of the molecule is CCCNC(=O)N(C)Cc1ccccc1. The lowest BCUT2D eigenvalue weighted by atomic mass is 10.2. The third-order valence-electron chi connectivity index (χ3n) is 2.14. The van der Waals surface area contributed by atoms with Crippen LogP contribution < -0.4 is 5.32 Å². The highest BCUT2D eigenvalue weighted by Crippen LogP contribution is 2.02. The van der Waals surface area contributed by atoms with Crippen LogP contribution in [0.3, 0.4) is 0 Å². The van der Waals surface area contributed by atoms with Gasteiger partial charge in [-0.3, -0.25) is 0 Å². The standard InChI is InChI=1S/C12H18N2O/c1-3-9-13-12(15)14(2)10-11-7-5-4-6-8-11/h4-8H,3,9-10H2,1-2H3,(H,13,15). The van der Waals surface area contributed by atoms with Gasteiger partial charge in [-0.1, -0.05) is 37.3 Å². The maximum atomic E-state index is 11.5. The fraction of sp³-hybridized carbons (Fsp3) is 0.417. The Morgan fingerprint density at radius 2 is 2.00 bits per heavy atom. The molecule has 3 nitrogen and oxygen atoms in total. The van der Waals surface area contributed by atoms with Crippen LogP contribution in [0.15, 0.2) is 30.3 Å². The Kier molecular flexibility index (Phi) is 4.68. The summed E-state index contributed by atoms with van der Waals surface area (Å²) < 4.78 is 0. The molecule has 0 radical (unpaired) electrons. The quantitative estimate of drug-likeness (QED) is 0.805. The Labute approximate surface area is 91.1 Å². The molecule has 0 saturated heterocycles. The Bertz CT molecular complexity index is 298. The van der Waals surface area contributed by atoms with Gasteiger partial charge >= 0.3 is 6.03 Å². The van der Waals surface area contributed by atoms with E-state index < -0.39 is 0 Å². The van der Waals surface area contributed by atoms with Crippen molar-refractivity contribution >= 4 is 6.03 Å². The zero-order valence-electron chi connectivity index (χ0n) is 9.36. The van der Waals surface area contributed by atoms with Gasteiger partial charge in [0.15, 0.2) is 0 Å². The van der Waals surface area contributed by atoms with E-state index >= 15 is 0 Å². The molecule has 0 aliphatic rings. The lowest BCUT2D eigenvalue weighted by Gasteiger charge is -2.17. The number of carbonyl (C=O) groups excluding carboxylic acids is 1. The summed E-state index contributed by atoms with van der Waals surface area (Å²) in [5, 5.41) is 2.84. The molecule has 1 N–H and O–H groups in total. The number of hydrogen-bond donors (Lipinski definition) is 1. The molecule has 0 fully saturated rings. The summed E-state index contributed by atoms with van der Waals surface area (Å²) in [5.74, 6) is 0. The summed E-state index contributed by atoms with van der Waals surface area (Å²) in [6.45, 7) is 3.42. The minimum atomic E-state index is -0.0132. The van der Waals surface area contributed by atoms with Gasteiger partial charge in [0.1, 0.15) is 0 Å². The second-order valence-electron chi connectivity index (χ2n) is 3.57. The van der Waals surface area contributed by atoms with Gasteiger partial charge in [0.2, 0.25) is 0 Å². The van der Waals surface area contributed by atoms with Crippen molar-refractivity contribution in [3.63, 3.8) is 0 Å². The molecule has 2 amide bonds. The van der Waals surface area contributed by atoms with Crippen molar-refractivity contribution in [2.75, 3.05) is 13.6 Å². The molecule has 0 atom stereocenters. The van der Waals surface area contributed by atoms with Crippen LogP contribution >= 0.6 is 0 Å². The summed E-state index contributed by atoms with van der Waals surface area (Å²) in [5.41, 5.74) is 1.15. The molecule has 0 aliphatic carbocycles. The van der Waals surface area contributed by atoms with E-state index in [-0.39, 0.29) is 6.03 Å². The molecule has 1 aromatic rings. The fourth-order valence-corrected chi connectivity index (χ4v) is 1.30. The van der Waals surface area contributed by atoms with Crippen molar-refractivity contribution in [1.82, 2.24) is 10.2 Å². The molecule has 0 bridgehead atoms. The van der Waals surface area contributed by atoms with Crippen LogP contribution in [0.25, 0.3) is 0 Å². The fourth-order valence-electron chi connectivity index (χ4n) is 1.30. The van der Waals surface area contributed by atoms with E-state index in [0.717, 1.165) is 18.5 Å². The van der Waals surface area contributed by atoms with Gasteiger partial charge in [-0.2, -0.15) is 0 Å². The number of amides is 2. The monoisotopic (exact) mass is 206 g/mol. The molecule has 0 saturated carbocycles. The number of nitrogens with one attached hydrogen (secondary N) is 1. The predicted octanol–water partition coefficient (Wildman–Crippen LogP) is 2.24. The summed E-state index contributed by atoms with van der Waals surface area (Å²) in [6, 6.07) is 9.95. The molecule has 1 rings (SSSR count). The summed E-state index contributed by atoms with van der Waals surface area (Å²) in [4.78, 5) is 13.2. The second-order valence-corrected chi connectivity index (χ2v) is 3.57. The maximum absolute atomic E-state index is 11.5. The first kappa shape index (κ1) is 11.6. The molecular formula is C12H18N2O. The topological polar surface area (TPSA) is 32.3 Å². The Morgan fingerprint density at radius 3 is 2.60 bits per heavy atom. The van der Waals surface area contributed by atoms with Crippen molar-refractivity contribution in [3.8, 4) is 0 Å². The second kappa shape index (κ2) is 6.06. The minimum absolute atomic E-state index is 0.0132. The van der Waals surface area contributed by atoms with Crippen LogP contribution in [-0.2, 0) is 6.54 Å². The van der Waals surface area contributed by atoms with Gasteiger partial charge in [-0.25, -0.2) is 4.79 Å². The van der Waals surface area contributed by atoms with Gasteiger partial charge in [0.05, 0.1) is 0 Å². The average molecular weight is 206 g/mol. The molecule has 0 heterocycles. The van der Waals surface area contributed by atoms with E-state index in [2.05, 4.69) is 5.32 Å². The van der Waals surface area contributed by atoms with Crippen LogP contribution in [0.1, 0.15) is 18.9 Å². The highest BCUT2D eigenvalue weighted by Gasteiger charge is 2.06. The van der Waals surface area contributed by atoms with Crippen molar-refractivity contribution < 1.29 is 4.79 Å². The number of carbonyl (C=O) groups is 1. The lowest BCUT2D eigenvalue weighted by molar-refractivity contribution is 0.207. The molecule has 15 heavy (non-hydrogen) atoms. The number of urea groups is 1. The number of nitrogens with zero attached hydrogens (tertiary/aromatic N) is 1. The van der Waals surface area contributed by atoms with Crippen LogP contribution in [-0.4, -0.2) is 24.5 Å². The lowest BCUT2D eigenvalue weighted by Crippen LogP contribution is -2.37. The molecular weight excluding hydrogens is 188 g/mol. The van der Waals surface area contributed by atoms with E-state index in [4.69, 9.17) is 0 Å². The van der Waals surface area contributed by atoms with Gasteiger partial charge in [0.25, 0.3) is 0 Å². The van der Waals surface area contributed by atoms with Crippen LogP contribution in [0, 0.1) is 0 Å². The maximum Gasteiger partial charge on any atom is 0.317 e. The van der Waals surface area contributed by atoms with E-state index in [1.807, 2.05) is 37.3 Å². The average Bonchev–Trinajstić information content (AvgIpc) is 2.27. The molecule has 82 valence electrons.